The van der Waals surface area contributed by atoms with Gasteiger partial charge in [-0.2, -0.15) is 0 Å². The molecular formula is C11H18N2O. The molecule has 0 aromatic rings. The zero-order valence-electron chi connectivity index (χ0n) is 8.54. The summed E-state index contributed by atoms with van der Waals surface area (Å²) >= 11 is 0. The zero-order chi connectivity index (χ0) is 9.54. The highest BCUT2D eigenvalue weighted by Gasteiger charge is 2.45. The summed E-state index contributed by atoms with van der Waals surface area (Å²) in [7, 11) is 0. The molecule has 1 N–H and O–H groups in total. The summed E-state index contributed by atoms with van der Waals surface area (Å²) in [6.45, 7) is 3.38. The molecule has 3 heteroatoms. The number of nitrogens with zero attached hydrogens (tertiary/aromatic N) is 1. The van der Waals surface area contributed by atoms with Crippen molar-refractivity contribution in [1.82, 2.24) is 10.2 Å². The van der Waals surface area contributed by atoms with Crippen LogP contribution in [-0.4, -0.2) is 36.5 Å². The van der Waals surface area contributed by atoms with Crippen LogP contribution < -0.4 is 5.32 Å². The Morgan fingerprint density at radius 1 is 1.21 bits per heavy atom. The van der Waals surface area contributed by atoms with Crippen molar-refractivity contribution in [3.63, 3.8) is 0 Å². The van der Waals surface area contributed by atoms with Gasteiger partial charge in [-0.15, -0.1) is 0 Å². The van der Waals surface area contributed by atoms with Crippen LogP contribution in [0.5, 0.6) is 0 Å². The minimum atomic E-state index is 0.308. The third kappa shape index (κ3) is 1.18. The molecule has 3 saturated heterocycles. The number of nitrogens with one attached hydrogen (secondary N) is 1. The second-order valence-corrected chi connectivity index (χ2v) is 4.92. The Morgan fingerprint density at radius 3 is 2.86 bits per heavy atom. The first-order chi connectivity index (χ1) is 6.86. The van der Waals surface area contributed by atoms with Crippen LogP contribution in [0.2, 0.25) is 0 Å². The molecule has 0 aromatic heterocycles. The normalized spacial score (nSPS) is 42.9. The molecule has 0 saturated carbocycles. The van der Waals surface area contributed by atoms with Gasteiger partial charge in [0.05, 0.1) is 5.92 Å². The average molecular weight is 194 g/mol. The van der Waals surface area contributed by atoms with Crippen LogP contribution in [0.4, 0.5) is 0 Å². The largest absolute Gasteiger partial charge is 0.355 e. The monoisotopic (exact) mass is 194 g/mol. The van der Waals surface area contributed by atoms with Gasteiger partial charge in [-0.1, -0.05) is 0 Å². The van der Waals surface area contributed by atoms with Crippen molar-refractivity contribution in [1.29, 1.82) is 0 Å². The average Bonchev–Trinajstić information content (AvgIpc) is 2.24. The van der Waals surface area contributed by atoms with Crippen LogP contribution in [0.3, 0.4) is 0 Å². The van der Waals surface area contributed by atoms with E-state index in [-0.39, 0.29) is 0 Å². The van der Waals surface area contributed by atoms with Crippen LogP contribution >= 0.6 is 0 Å². The zero-order valence-corrected chi connectivity index (χ0v) is 8.54. The van der Waals surface area contributed by atoms with Gasteiger partial charge in [-0.05, 0) is 44.7 Å². The summed E-state index contributed by atoms with van der Waals surface area (Å²) in [5.41, 5.74) is 0. The molecule has 0 aromatic carbocycles. The molecule has 0 radical (unpaired) electrons. The Morgan fingerprint density at radius 2 is 2.00 bits per heavy atom. The highest BCUT2D eigenvalue weighted by atomic mass is 16.2. The number of hydrogen-bond donors (Lipinski definition) is 1. The first-order valence-corrected chi connectivity index (χ1v) is 5.88. The lowest BCUT2D eigenvalue weighted by Gasteiger charge is -2.50. The smallest absolute Gasteiger partial charge is 0.224 e. The molecule has 3 unspecified atom stereocenters. The molecular weight excluding hydrogens is 176 g/mol. The number of hydrogen-bond acceptors (Lipinski definition) is 2. The van der Waals surface area contributed by atoms with Crippen LogP contribution in [-0.2, 0) is 4.79 Å². The van der Waals surface area contributed by atoms with Gasteiger partial charge in [0.15, 0.2) is 0 Å². The SMILES string of the molecule is O=C1NCC2CCCN3CCCC1C23. The standard InChI is InChI=1S/C11H18N2O/c14-11-9-4-2-6-13-5-1-3-8(7-12-11)10(9)13/h8-10H,1-7H2,(H,12,14). The maximum Gasteiger partial charge on any atom is 0.224 e. The highest BCUT2D eigenvalue weighted by Crippen LogP contribution is 2.36. The molecule has 78 valence electrons. The van der Waals surface area contributed by atoms with Crippen LogP contribution in [0.1, 0.15) is 25.7 Å². The minimum absolute atomic E-state index is 0.308. The van der Waals surface area contributed by atoms with E-state index < -0.39 is 0 Å². The van der Waals surface area contributed by atoms with Crippen molar-refractivity contribution in [2.24, 2.45) is 11.8 Å². The van der Waals surface area contributed by atoms with Crippen molar-refractivity contribution < 1.29 is 4.79 Å². The van der Waals surface area contributed by atoms with E-state index in [1.165, 1.54) is 32.4 Å². The Kier molecular flexibility index (Phi) is 2.01. The molecule has 3 heterocycles. The molecule has 3 rings (SSSR count). The van der Waals surface area contributed by atoms with Crippen molar-refractivity contribution in [2.75, 3.05) is 19.6 Å². The summed E-state index contributed by atoms with van der Waals surface area (Å²) < 4.78 is 0. The molecule has 3 aliphatic heterocycles. The number of carbonyl (C=O) groups is 1. The first kappa shape index (κ1) is 8.72. The third-order valence-electron chi connectivity index (χ3n) is 4.17. The van der Waals surface area contributed by atoms with Gasteiger partial charge in [-0.25, -0.2) is 0 Å². The molecule has 14 heavy (non-hydrogen) atoms. The van der Waals surface area contributed by atoms with Gasteiger partial charge < -0.3 is 5.32 Å². The van der Waals surface area contributed by atoms with E-state index in [4.69, 9.17) is 0 Å². The van der Waals surface area contributed by atoms with Gasteiger partial charge >= 0.3 is 0 Å². The fourth-order valence-electron chi connectivity index (χ4n) is 3.58. The van der Waals surface area contributed by atoms with E-state index in [1.54, 1.807) is 0 Å². The van der Waals surface area contributed by atoms with Gasteiger partial charge in [-0.3, -0.25) is 9.69 Å². The second-order valence-electron chi connectivity index (χ2n) is 4.92. The van der Waals surface area contributed by atoms with Gasteiger partial charge in [0.25, 0.3) is 0 Å². The Bertz CT molecular complexity index is 245. The Balaban J connectivity index is 1.88. The fourth-order valence-corrected chi connectivity index (χ4v) is 3.58. The number of carbonyl (C=O) groups excluding carboxylic acids is 1. The van der Waals surface area contributed by atoms with Crippen LogP contribution in [0.25, 0.3) is 0 Å². The molecule has 1 amide bonds. The third-order valence-corrected chi connectivity index (χ3v) is 4.17. The molecule has 3 fully saturated rings. The molecule has 0 aliphatic carbocycles. The summed E-state index contributed by atoms with van der Waals surface area (Å²) in [6.07, 6.45) is 4.96. The van der Waals surface area contributed by atoms with E-state index in [2.05, 4.69) is 10.2 Å². The molecule has 3 aliphatic rings. The maximum atomic E-state index is 11.7. The summed E-state index contributed by atoms with van der Waals surface area (Å²) in [5.74, 6) is 1.37. The van der Waals surface area contributed by atoms with Crippen molar-refractivity contribution >= 4 is 5.91 Å². The van der Waals surface area contributed by atoms with E-state index in [0.717, 1.165) is 18.9 Å². The van der Waals surface area contributed by atoms with Crippen molar-refractivity contribution in [2.45, 2.75) is 31.7 Å². The van der Waals surface area contributed by atoms with Gasteiger partial charge in [0.1, 0.15) is 0 Å². The Hall–Kier alpha value is -0.570. The van der Waals surface area contributed by atoms with E-state index >= 15 is 0 Å². The van der Waals surface area contributed by atoms with Crippen LogP contribution in [0.15, 0.2) is 0 Å². The predicted molar refractivity (Wildman–Crippen MR) is 53.8 cm³/mol. The topological polar surface area (TPSA) is 32.3 Å². The number of amides is 1. The number of rotatable bonds is 0. The molecule has 3 atom stereocenters. The van der Waals surface area contributed by atoms with E-state index in [9.17, 15) is 4.79 Å². The maximum absolute atomic E-state index is 11.7. The van der Waals surface area contributed by atoms with Crippen molar-refractivity contribution in [3.8, 4) is 0 Å². The van der Waals surface area contributed by atoms with Crippen LogP contribution in [0, 0.1) is 11.8 Å². The summed E-state index contributed by atoms with van der Waals surface area (Å²) in [6, 6.07) is 0.589. The second kappa shape index (κ2) is 3.23. The van der Waals surface area contributed by atoms with E-state index in [0.29, 0.717) is 17.9 Å². The van der Waals surface area contributed by atoms with Crippen molar-refractivity contribution in [3.05, 3.63) is 0 Å². The van der Waals surface area contributed by atoms with Gasteiger partial charge in [0.2, 0.25) is 5.91 Å². The highest BCUT2D eigenvalue weighted by molar-refractivity contribution is 5.80. The summed E-state index contributed by atoms with van der Waals surface area (Å²) in [4.78, 5) is 14.3. The minimum Gasteiger partial charge on any atom is -0.355 e. The molecule has 0 spiro atoms. The van der Waals surface area contributed by atoms with E-state index in [1.807, 2.05) is 0 Å². The fraction of sp³-hybridized carbons (Fsp3) is 0.909. The lowest BCUT2D eigenvalue weighted by Crippen LogP contribution is -2.62. The molecule has 0 bridgehead atoms. The molecule has 3 nitrogen and oxygen atoms in total. The van der Waals surface area contributed by atoms with Gasteiger partial charge in [0, 0.05) is 12.6 Å². The lowest BCUT2D eigenvalue weighted by molar-refractivity contribution is -0.136. The Labute approximate surface area is 84.8 Å². The quantitative estimate of drug-likeness (QED) is 0.612. The number of piperidine rings is 3. The first-order valence-electron chi connectivity index (χ1n) is 5.88. The summed E-state index contributed by atoms with van der Waals surface area (Å²) in [5, 5.41) is 3.07. The predicted octanol–water partition coefficient (Wildman–Crippen LogP) is 0.607. The lowest BCUT2D eigenvalue weighted by atomic mass is 9.74.